The molecule has 146 valence electrons. The number of hydrogen-bond acceptors (Lipinski definition) is 4. The highest BCUT2D eigenvalue weighted by Gasteiger charge is 2.25. The van der Waals surface area contributed by atoms with Crippen molar-refractivity contribution in [1.82, 2.24) is 4.90 Å². The van der Waals surface area contributed by atoms with Crippen molar-refractivity contribution in [2.24, 2.45) is 0 Å². The Labute approximate surface area is 175 Å². The van der Waals surface area contributed by atoms with E-state index in [-0.39, 0.29) is 5.91 Å². The number of nitrogens with zero attached hydrogens (tertiary/aromatic N) is 2. The maximum Gasteiger partial charge on any atom is 0.256 e. The van der Waals surface area contributed by atoms with E-state index in [9.17, 15) is 10.1 Å². The van der Waals surface area contributed by atoms with E-state index in [1.807, 2.05) is 38.1 Å². The van der Waals surface area contributed by atoms with Crippen LogP contribution in [-0.4, -0.2) is 17.4 Å². The number of nitrogens with one attached hydrogen (secondary N) is 1. The summed E-state index contributed by atoms with van der Waals surface area (Å²) in [6, 6.07) is 18.6. The summed E-state index contributed by atoms with van der Waals surface area (Å²) in [5.74, 6) is -0.159. The second-order valence-electron chi connectivity index (χ2n) is 7.60. The van der Waals surface area contributed by atoms with Gasteiger partial charge in [0.15, 0.2) is 0 Å². The number of hydrogen-bond donors (Lipinski definition) is 1. The van der Waals surface area contributed by atoms with Crippen molar-refractivity contribution in [3.05, 3.63) is 86.8 Å². The van der Waals surface area contributed by atoms with Gasteiger partial charge in [0.05, 0.1) is 5.56 Å². The van der Waals surface area contributed by atoms with Crippen LogP contribution >= 0.6 is 11.3 Å². The second kappa shape index (κ2) is 8.20. The van der Waals surface area contributed by atoms with Crippen molar-refractivity contribution in [3.8, 4) is 6.07 Å². The van der Waals surface area contributed by atoms with E-state index in [4.69, 9.17) is 0 Å². The molecule has 3 aromatic rings. The fourth-order valence-electron chi connectivity index (χ4n) is 3.92. The molecule has 0 bridgehead atoms. The minimum atomic E-state index is -0.159. The first-order valence-electron chi connectivity index (χ1n) is 9.74. The molecular weight excluding hydrogens is 378 g/mol. The van der Waals surface area contributed by atoms with Gasteiger partial charge < -0.3 is 5.32 Å². The van der Waals surface area contributed by atoms with Gasteiger partial charge in [0, 0.05) is 30.1 Å². The van der Waals surface area contributed by atoms with Gasteiger partial charge in [0.25, 0.3) is 5.91 Å². The molecule has 1 aliphatic rings. The molecule has 0 atom stereocenters. The van der Waals surface area contributed by atoms with Gasteiger partial charge in [-0.15, -0.1) is 11.3 Å². The van der Waals surface area contributed by atoms with Crippen LogP contribution in [0.25, 0.3) is 0 Å². The SMILES string of the molecule is Cc1cc(C)cc(C(=O)Nc2sc3c(c2C#N)CCN(Cc2ccccc2)C3)c1. The Bertz CT molecular complexity index is 1080. The van der Waals surface area contributed by atoms with Gasteiger partial charge in [0.1, 0.15) is 11.1 Å². The summed E-state index contributed by atoms with van der Waals surface area (Å²) < 4.78 is 0. The molecule has 0 unspecified atom stereocenters. The molecule has 29 heavy (non-hydrogen) atoms. The number of aryl methyl sites for hydroxylation is 2. The molecule has 4 rings (SSSR count). The average molecular weight is 402 g/mol. The van der Waals surface area contributed by atoms with Gasteiger partial charge >= 0.3 is 0 Å². The lowest BCUT2D eigenvalue weighted by molar-refractivity contribution is 0.102. The van der Waals surface area contributed by atoms with Crippen molar-refractivity contribution < 1.29 is 4.79 Å². The third kappa shape index (κ3) is 4.24. The Morgan fingerprint density at radius 1 is 1.17 bits per heavy atom. The van der Waals surface area contributed by atoms with Crippen molar-refractivity contribution in [2.45, 2.75) is 33.4 Å². The Kier molecular flexibility index (Phi) is 5.48. The molecule has 1 N–H and O–H groups in total. The number of rotatable bonds is 4. The third-order valence-electron chi connectivity index (χ3n) is 5.21. The highest BCUT2D eigenvalue weighted by molar-refractivity contribution is 7.16. The summed E-state index contributed by atoms with van der Waals surface area (Å²) in [6.07, 6.45) is 0.834. The maximum absolute atomic E-state index is 12.8. The number of carbonyl (C=O) groups is 1. The molecule has 0 fully saturated rings. The van der Waals surface area contributed by atoms with Gasteiger partial charge in [0.2, 0.25) is 0 Å². The number of benzene rings is 2. The monoisotopic (exact) mass is 401 g/mol. The minimum Gasteiger partial charge on any atom is -0.312 e. The molecular formula is C24H23N3OS. The zero-order chi connectivity index (χ0) is 20.4. The van der Waals surface area contributed by atoms with Crippen LogP contribution in [0, 0.1) is 25.2 Å². The Hall–Kier alpha value is -2.94. The van der Waals surface area contributed by atoms with Crippen molar-refractivity contribution in [1.29, 1.82) is 5.26 Å². The lowest BCUT2D eigenvalue weighted by Gasteiger charge is -2.26. The highest BCUT2D eigenvalue weighted by atomic mass is 32.1. The summed E-state index contributed by atoms with van der Waals surface area (Å²) in [5.41, 5.74) is 5.75. The maximum atomic E-state index is 12.8. The summed E-state index contributed by atoms with van der Waals surface area (Å²) in [6.45, 7) is 6.58. The van der Waals surface area contributed by atoms with Crippen LogP contribution in [0.5, 0.6) is 0 Å². The summed E-state index contributed by atoms with van der Waals surface area (Å²) >= 11 is 1.54. The van der Waals surface area contributed by atoms with Gasteiger partial charge in [-0.2, -0.15) is 5.26 Å². The van der Waals surface area contributed by atoms with Crippen LogP contribution in [0.3, 0.4) is 0 Å². The molecule has 5 heteroatoms. The highest BCUT2D eigenvalue weighted by Crippen LogP contribution is 2.37. The fraction of sp³-hybridized carbons (Fsp3) is 0.250. The number of nitriles is 1. The van der Waals surface area contributed by atoms with Gasteiger partial charge in [-0.05, 0) is 43.5 Å². The summed E-state index contributed by atoms with van der Waals surface area (Å²) in [4.78, 5) is 16.4. The molecule has 0 aliphatic carbocycles. The number of amides is 1. The first kappa shape index (κ1) is 19.4. The standard InChI is InChI=1S/C24H23N3OS/c1-16-10-17(2)12-19(11-16)23(28)26-24-21(13-25)20-8-9-27(15-22(20)29-24)14-18-6-4-3-5-7-18/h3-7,10-12H,8-9,14-15H2,1-2H3,(H,26,28). The molecule has 0 spiro atoms. The minimum absolute atomic E-state index is 0.159. The van der Waals surface area contributed by atoms with E-state index < -0.39 is 0 Å². The van der Waals surface area contributed by atoms with Crippen molar-refractivity contribution >= 4 is 22.2 Å². The fourth-order valence-corrected chi connectivity index (χ4v) is 5.16. The molecule has 0 saturated carbocycles. The molecule has 0 saturated heterocycles. The van der Waals surface area contributed by atoms with Crippen LogP contribution < -0.4 is 5.32 Å². The van der Waals surface area contributed by atoms with E-state index in [1.54, 1.807) is 0 Å². The smallest absolute Gasteiger partial charge is 0.256 e. The van der Waals surface area contributed by atoms with E-state index >= 15 is 0 Å². The van der Waals surface area contributed by atoms with Crippen LogP contribution in [0.1, 0.15) is 43.1 Å². The quantitative estimate of drug-likeness (QED) is 0.666. The largest absolute Gasteiger partial charge is 0.312 e. The van der Waals surface area contributed by atoms with Gasteiger partial charge in [-0.1, -0.05) is 47.5 Å². The first-order valence-corrected chi connectivity index (χ1v) is 10.6. The Balaban J connectivity index is 1.54. The normalized spacial score (nSPS) is 13.6. The zero-order valence-electron chi connectivity index (χ0n) is 16.7. The Morgan fingerprint density at radius 2 is 1.90 bits per heavy atom. The number of carbonyl (C=O) groups excluding carboxylic acids is 1. The molecule has 0 radical (unpaired) electrons. The van der Waals surface area contributed by atoms with Crippen LogP contribution in [0.2, 0.25) is 0 Å². The summed E-state index contributed by atoms with van der Waals surface area (Å²) in [5, 5.41) is 13.4. The molecule has 1 aliphatic heterocycles. The van der Waals surface area contributed by atoms with Crippen LogP contribution in [0.15, 0.2) is 48.5 Å². The molecule has 4 nitrogen and oxygen atoms in total. The number of thiophene rings is 1. The third-order valence-corrected chi connectivity index (χ3v) is 6.34. The van der Waals surface area contributed by atoms with Crippen LogP contribution in [-0.2, 0) is 19.5 Å². The van der Waals surface area contributed by atoms with E-state index in [2.05, 4.69) is 40.6 Å². The molecule has 2 aromatic carbocycles. The predicted octanol–water partition coefficient (Wildman–Crippen LogP) is 5.05. The Morgan fingerprint density at radius 3 is 2.59 bits per heavy atom. The zero-order valence-corrected chi connectivity index (χ0v) is 17.5. The van der Waals surface area contributed by atoms with Gasteiger partial charge in [-0.25, -0.2) is 0 Å². The van der Waals surface area contributed by atoms with E-state index in [1.165, 1.54) is 21.8 Å². The number of fused-ring (bicyclic) bond motifs is 1. The second-order valence-corrected chi connectivity index (χ2v) is 8.70. The van der Waals surface area contributed by atoms with Crippen molar-refractivity contribution in [2.75, 3.05) is 11.9 Å². The first-order chi connectivity index (χ1) is 14.0. The predicted molar refractivity (Wildman–Crippen MR) is 117 cm³/mol. The van der Waals surface area contributed by atoms with Crippen molar-refractivity contribution in [3.63, 3.8) is 0 Å². The number of anilines is 1. The summed E-state index contributed by atoms with van der Waals surface area (Å²) in [7, 11) is 0. The van der Waals surface area contributed by atoms with Crippen LogP contribution in [0.4, 0.5) is 5.00 Å². The van der Waals surface area contributed by atoms with Gasteiger partial charge in [-0.3, -0.25) is 9.69 Å². The topological polar surface area (TPSA) is 56.1 Å². The van der Waals surface area contributed by atoms with E-state index in [0.717, 1.165) is 42.7 Å². The van der Waals surface area contributed by atoms with E-state index in [0.29, 0.717) is 16.1 Å². The lowest BCUT2D eigenvalue weighted by Crippen LogP contribution is -2.29. The molecule has 2 heterocycles. The lowest BCUT2D eigenvalue weighted by atomic mass is 10.0. The molecule has 1 aromatic heterocycles. The molecule has 1 amide bonds. The average Bonchev–Trinajstić information content (AvgIpc) is 3.04.